The van der Waals surface area contributed by atoms with Gasteiger partial charge in [-0.15, -0.1) is 0 Å². The predicted molar refractivity (Wildman–Crippen MR) is 146 cm³/mol. The number of hydrogen-bond acceptors (Lipinski definition) is 5. The number of ether oxygens (including phenoxy) is 1. The second-order valence-electron chi connectivity index (χ2n) is 10.8. The summed E-state index contributed by atoms with van der Waals surface area (Å²) in [7, 11) is 0. The second kappa shape index (κ2) is 12.8. The van der Waals surface area contributed by atoms with Crippen LogP contribution in [0.2, 0.25) is 5.02 Å². The molecule has 0 bridgehead atoms. The summed E-state index contributed by atoms with van der Waals surface area (Å²) in [5.74, 6) is -0.699. The summed E-state index contributed by atoms with van der Waals surface area (Å²) in [5, 5.41) is 16.1. The molecule has 1 aromatic heterocycles. The molecule has 6 nitrogen and oxygen atoms in total. The van der Waals surface area contributed by atoms with E-state index in [-0.39, 0.29) is 22.3 Å². The lowest BCUT2D eigenvalue weighted by molar-refractivity contribution is -0.265. The molecule has 1 amide bonds. The molecular weight excluding hydrogens is 538 g/mol. The van der Waals surface area contributed by atoms with Crippen molar-refractivity contribution >= 4 is 17.7 Å². The molecule has 0 fully saturated rings. The number of halogens is 5. The number of aliphatic hydroxyl groups is 1. The lowest BCUT2D eigenvalue weighted by Crippen LogP contribution is -2.52. The van der Waals surface area contributed by atoms with Crippen LogP contribution in [0.15, 0.2) is 24.3 Å². The van der Waals surface area contributed by atoms with Gasteiger partial charge in [-0.05, 0) is 76.9 Å². The highest BCUT2D eigenvalue weighted by atomic mass is 35.5. The maximum Gasteiger partial charge on any atom is 0.424 e. The van der Waals surface area contributed by atoms with Gasteiger partial charge in [0, 0.05) is 17.1 Å². The van der Waals surface area contributed by atoms with E-state index in [0.717, 1.165) is 6.07 Å². The molecule has 0 radical (unpaired) electrons. The number of benzene rings is 1. The molecule has 2 rings (SSSR count). The highest BCUT2D eigenvalue weighted by Crippen LogP contribution is 2.41. The number of rotatable bonds is 7. The average Bonchev–Trinajstić information content (AvgIpc) is 2.78. The molecule has 1 heterocycles. The Morgan fingerprint density at radius 3 is 2.13 bits per heavy atom. The van der Waals surface area contributed by atoms with Crippen LogP contribution in [0.25, 0.3) is 11.3 Å². The Hall–Kier alpha value is -2.43. The van der Waals surface area contributed by atoms with E-state index < -0.39 is 47.1 Å². The van der Waals surface area contributed by atoms with Gasteiger partial charge in [0.05, 0.1) is 23.0 Å². The van der Waals surface area contributed by atoms with E-state index in [1.165, 1.54) is 18.2 Å². The Bertz CT molecular complexity index is 1150. The van der Waals surface area contributed by atoms with E-state index in [1.54, 1.807) is 41.5 Å². The number of amides is 1. The lowest BCUT2D eigenvalue weighted by Gasteiger charge is -2.35. The molecule has 0 aliphatic heterocycles. The third-order valence-electron chi connectivity index (χ3n) is 5.57. The van der Waals surface area contributed by atoms with E-state index in [0.29, 0.717) is 11.1 Å². The Morgan fingerprint density at radius 1 is 1.10 bits per heavy atom. The number of hydrogen-bond donors (Lipinski definition) is 3. The van der Waals surface area contributed by atoms with Crippen molar-refractivity contribution in [3.05, 3.63) is 51.9 Å². The fourth-order valence-corrected chi connectivity index (χ4v) is 4.22. The van der Waals surface area contributed by atoms with Gasteiger partial charge < -0.3 is 20.5 Å². The number of nitrogens with one attached hydrogen (secondary N) is 2. The summed E-state index contributed by atoms with van der Waals surface area (Å²) >= 11 is 5.95. The summed E-state index contributed by atoms with van der Waals surface area (Å²) in [4.78, 5) is 16.3. The van der Waals surface area contributed by atoms with Crippen LogP contribution < -0.4 is 10.6 Å². The van der Waals surface area contributed by atoms with Crippen LogP contribution in [0, 0.1) is 12.7 Å². The van der Waals surface area contributed by atoms with Crippen LogP contribution in [0.4, 0.5) is 22.4 Å². The van der Waals surface area contributed by atoms with Crippen molar-refractivity contribution in [1.82, 2.24) is 15.6 Å². The SMILES string of the molecule is CC.Cc1c(C(C)(C)NC(C)C)cc(C(O)(CNC(=O)OC(C)(C)C)C(F)(F)F)nc1-c1ccc(F)c(Cl)c1. The second-order valence-corrected chi connectivity index (χ2v) is 11.2. The van der Waals surface area contributed by atoms with Crippen LogP contribution in [0.1, 0.15) is 79.1 Å². The maximum atomic E-state index is 14.4. The minimum Gasteiger partial charge on any atom is -0.444 e. The Labute approximate surface area is 233 Å². The van der Waals surface area contributed by atoms with Crippen molar-refractivity contribution in [2.45, 2.75) is 98.2 Å². The maximum absolute atomic E-state index is 14.4. The number of pyridine rings is 1. The normalized spacial score (nSPS) is 13.9. The van der Waals surface area contributed by atoms with E-state index in [9.17, 15) is 27.5 Å². The summed E-state index contributed by atoms with van der Waals surface area (Å²) in [6.07, 6.45) is -6.36. The van der Waals surface area contributed by atoms with Gasteiger partial charge in [-0.1, -0.05) is 39.3 Å². The van der Waals surface area contributed by atoms with Crippen molar-refractivity contribution in [3.63, 3.8) is 0 Å². The first-order valence-electron chi connectivity index (χ1n) is 12.7. The molecule has 0 aliphatic rings. The number of alkyl halides is 3. The van der Waals surface area contributed by atoms with Gasteiger partial charge in [0.15, 0.2) is 0 Å². The van der Waals surface area contributed by atoms with Crippen molar-refractivity contribution in [1.29, 1.82) is 0 Å². The number of aromatic nitrogens is 1. The fraction of sp³-hybridized carbons (Fsp3) is 0.571. The molecule has 0 saturated heterocycles. The van der Waals surface area contributed by atoms with Gasteiger partial charge in [-0.2, -0.15) is 13.2 Å². The highest BCUT2D eigenvalue weighted by molar-refractivity contribution is 6.31. The van der Waals surface area contributed by atoms with Crippen LogP contribution in [-0.2, 0) is 15.9 Å². The van der Waals surface area contributed by atoms with Crippen LogP contribution >= 0.6 is 11.6 Å². The van der Waals surface area contributed by atoms with E-state index in [4.69, 9.17) is 16.3 Å². The van der Waals surface area contributed by atoms with E-state index in [1.807, 2.05) is 33.0 Å². The first-order chi connectivity index (χ1) is 17.7. The zero-order valence-corrected chi connectivity index (χ0v) is 25.0. The quantitative estimate of drug-likeness (QED) is 0.299. The smallest absolute Gasteiger partial charge is 0.424 e. The Morgan fingerprint density at radius 2 is 1.67 bits per heavy atom. The molecular formula is C28H40ClF4N3O3. The molecule has 0 saturated carbocycles. The van der Waals surface area contributed by atoms with Gasteiger partial charge in [-0.25, -0.2) is 14.2 Å². The standard InChI is InChI=1S/C26H34ClF4N3O3.C2H6/c1-14(2)34-24(7,8)17-12-20(33-21(15(17)3)16-9-10-19(28)18(27)11-16)25(36,26(29,30)31)13-32-22(35)37-23(4,5)6;1-2/h9-12,14,34,36H,13H2,1-8H3,(H,32,35);1-2H3. The van der Waals surface area contributed by atoms with Gasteiger partial charge in [0.2, 0.25) is 5.60 Å². The van der Waals surface area contributed by atoms with E-state index in [2.05, 4.69) is 10.3 Å². The number of nitrogens with zero attached hydrogens (tertiary/aromatic N) is 1. The summed E-state index contributed by atoms with van der Waals surface area (Å²) < 4.78 is 62.1. The number of carbonyl (C=O) groups is 1. The first kappa shape index (κ1) is 34.6. The minimum atomic E-state index is -5.23. The van der Waals surface area contributed by atoms with Crippen LogP contribution in [0.5, 0.6) is 0 Å². The summed E-state index contributed by atoms with van der Waals surface area (Å²) in [6.45, 7) is 16.4. The van der Waals surface area contributed by atoms with Gasteiger partial charge in [0.25, 0.3) is 0 Å². The molecule has 39 heavy (non-hydrogen) atoms. The van der Waals surface area contributed by atoms with Crippen molar-refractivity contribution < 1.29 is 32.2 Å². The number of carbonyl (C=O) groups excluding carboxylic acids is 1. The predicted octanol–water partition coefficient (Wildman–Crippen LogP) is 7.38. The van der Waals surface area contributed by atoms with Crippen molar-refractivity contribution in [2.75, 3.05) is 6.54 Å². The van der Waals surface area contributed by atoms with Crippen LogP contribution in [0.3, 0.4) is 0 Å². The molecule has 1 aromatic carbocycles. The molecule has 0 aliphatic carbocycles. The molecule has 0 spiro atoms. The Balaban J connectivity index is 0.00000371. The largest absolute Gasteiger partial charge is 0.444 e. The van der Waals surface area contributed by atoms with E-state index >= 15 is 0 Å². The topological polar surface area (TPSA) is 83.5 Å². The van der Waals surface area contributed by atoms with Gasteiger partial charge in [0.1, 0.15) is 11.4 Å². The third kappa shape index (κ3) is 8.78. The minimum absolute atomic E-state index is 0.0370. The zero-order chi connectivity index (χ0) is 30.6. The van der Waals surface area contributed by atoms with Crippen LogP contribution in [-0.4, -0.2) is 40.5 Å². The zero-order valence-electron chi connectivity index (χ0n) is 24.2. The summed E-state index contributed by atoms with van der Waals surface area (Å²) in [5.41, 5.74) is -4.87. The van der Waals surface area contributed by atoms with Gasteiger partial charge in [-0.3, -0.25) is 0 Å². The lowest BCUT2D eigenvalue weighted by atomic mass is 9.85. The van der Waals surface area contributed by atoms with Crippen molar-refractivity contribution in [3.8, 4) is 11.3 Å². The third-order valence-corrected chi connectivity index (χ3v) is 5.86. The van der Waals surface area contributed by atoms with Crippen molar-refractivity contribution in [2.24, 2.45) is 0 Å². The molecule has 2 aromatic rings. The Kier molecular flexibility index (Phi) is 11.4. The molecule has 3 N–H and O–H groups in total. The van der Waals surface area contributed by atoms with Gasteiger partial charge >= 0.3 is 12.3 Å². The first-order valence-corrected chi connectivity index (χ1v) is 13.1. The molecule has 11 heteroatoms. The fourth-order valence-electron chi connectivity index (χ4n) is 4.04. The molecule has 220 valence electrons. The monoisotopic (exact) mass is 577 g/mol. The highest BCUT2D eigenvalue weighted by Gasteiger charge is 2.57. The summed E-state index contributed by atoms with van der Waals surface area (Å²) in [6, 6.07) is 4.82. The molecule has 1 atom stereocenters. The number of alkyl carbamates (subject to hydrolysis) is 1. The molecule has 1 unspecified atom stereocenters. The average molecular weight is 578 g/mol.